The van der Waals surface area contributed by atoms with E-state index < -0.39 is 12.1 Å². The molecule has 1 aliphatic carbocycles. The van der Waals surface area contributed by atoms with Gasteiger partial charge in [0.05, 0.1) is 5.56 Å². The summed E-state index contributed by atoms with van der Waals surface area (Å²) in [5.74, 6) is -1.53. The Bertz CT molecular complexity index is 571. The van der Waals surface area contributed by atoms with E-state index in [1.165, 1.54) is 0 Å². The molecule has 1 atom stereocenters. The Morgan fingerprint density at radius 3 is 2.80 bits per heavy atom. The minimum Gasteiger partial charge on any atom is -0.309 e. The summed E-state index contributed by atoms with van der Waals surface area (Å²) in [6.45, 7) is 2.07. The first-order valence-electron chi connectivity index (χ1n) is 6.29. The Labute approximate surface area is 118 Å². The third kappa shape index (κ3) is 2.80. The summed E-state index contributed by atoms with van der Waals surface area (Å²) in [7, 11) is 0. The van der Waals surface area contributed by atoms with E-state index in [1.807, 2.05) is 11.4 Å². The molecule has 1 amide bonds. The lowest BCUT2D eigenvalue weighted by molar-refractivity contribution is -0.167. The number of nitrogens with one attached hydrogen (secondary N) is 1. The number of rotatable bonds is 2. The Balaban J connectivity index is 2.30. The SMILES string of the molecule is CC[C@@H]1CCc2c(sc(NC(=O)C(F)(F)F)c2C#N)C1. The molecule has 2 rings (SSSR count). The highest BCUT2D eigenvalue weighted by Gasteiger charge is 2.39. The molecule has 0 spiro atoms. The second kappa shape index (κ2) is 5.44. The van der Waals surface area contributed by atoms with E-state index in [0.29, 0.717) is 12.3 Å². The number of thiophene rings is 1. The zero-order chi connectivity index (χ0) is 14.9. The van der Waals surface area contributed by atoms with Crippen molar-refractivity contribution in [1.29, 1.82) is 5.26 Å². The van der Waals surface area contributed by atoms with Crippen molar-refractivity contribution in [2.24, 2.45) is 5.92 Å². The highest BCUT2D eigenvalue weighted by Crippen LogP contribution is 2.40. The normalized spacial score (nSPS) is 18.2. The van der Waals surface area contributed by atoms with Gasteiger partial charge in [0.1, 0.15) is 11.1 Å². The van der Waals surface area contributed by atoms with Crippen LogP contribution < -0.4 is 5.32 Å². The van der Waals surface area contributed by atoms with E-state index in [2.05, 4.69) is 6.92 Å². The maximum Gasteiger partial charge on any atom is 0.471 e. The number of anilines is 1. The maximum absolute atomic E-state index is 12.3. The van der Waals surface area contributed by atoms with Crippen LogP contribution in [0.4, 0.5) is 18.2 Å². The van der Waals surface area contributed by atoms with Crippen LogP contribution in [0.3, 0.4) is 0 Å². The molecule has 0 radical (unpaired) electrons. The second-order valence-corrected chi connectivity index (χ2v) is 5.89. The minimum absolute atomic E-state index is 0.0246. The van der Waals surface area contributed by atoms with E-state index in [0.717, 1.165) is 41.0 Å². The fourth-order valence-electron chi connectivity index (χ4n) is 2.38. The maximum atomic E-state index is 12.3. The second-order valence-electron chi connectivity index (χ2n) is 4.79. The van der Waals surface area contributed by atoms with Gasteiger partial charge in [-0.25, -0.2) is 0 Å². The predicted molar refractivity (Wildman–Crippen MR) is 69.5 cm³/mol. The number of hydrogen-bond acceptors (Lipinski definition) is 3. The smallest absolute Gasteiger partial charge is 0.309 e. The molecular weight excluding hydrogens is 289 g/mol. The molecule has 1 aromatic rings. The van der Waals surface area contributed by atoms with Crippen molar-refractivity contribution < 1.29 is 18.0 Å². The van der Waals surface area contributed by atoms with Crippen LogP contribution in [0, 0.1) is 17.2 Å². The Kier molecular flexibility index (Phi) is 4.04. The van der Waals surface area contributed by atoms with Gasteiger partial charge in [-0.3, -0.25) is 4.79 Å². The van der Waals surface area contributed by atoms with Crippen molar-refractivity contribution >= 4 is 22.2 Å². The Morgan fingerprint density at radius 2 is 2.25 bits per heavy atom. The molecule has 1 N–H and O–H groups in total. The minimum atomic E-state index is -4.94. The fraction of sp³-hybridized carbons (Fsp3) is 0.538. The van der Waals surface area contributed by atoms with Gasteiger partial charge in [-0.1, -0.05) is 13.3 Å². The molecule has 0 saturated carbocycles. The quantitative estimate of drug-likeness (QED) is 0.907. The monoisotopic (exact) mass is 302 g/mol. The highest BCUT2D eigenvalue weighted by molar-refractivity contribution is 7.16. The van der Waals surface area contributed by atoms with E-state index in [4.69, 9.17) is 5.26 Å². The molecule has 20 heavy (non-hydrogen) atoms. The van der Waals surface area contributed by atoms with Crippen molar-refractivity contribution in [1.82, 2.24) is 0 Å². The number of alkyl halides is 3. The van der Waals surface area contributed by atoms with Crippen LogP contribution in [0.2, 0.25) is 0 Å². The van der Waals surface area contributed by atoms with Gasteiger partial charge in [-0.2, -0.15) is 18.4 Å². The van der Waals surface area contributed by atoms with Gasteiger partial charge in [0.15, 0.2) is 0 Å². The van der Waals surface area contributed by atoms with Crippen molar-refractivity contribution in [3.05, 3.63) is 16.0 Å². The number of hydrogen-bond donors (Lipinski definition) is 1. The molecule has 1 heterocycles. The van der Waals surface area contributed by atoms with Crippen LogP contribution in [-0.2, 0) is 17.6 Å². The van der Waals surface area contributed by atoms with Crippen LogP contribution >= 0.6 is 11.3 Å². The van der Waals surface area contributed by atoms with Gasteiger partial charge in [-0.05, 0) is 30.7 Å². The standard InChI is InChI=1S/C13H13F3N2OS/c1-2-7-3-4-8-9(6-17)11(20-10(8)5-7)18-12(19)13(14,15)16/h7H,2-5H2,1H3,(H,18,19)/t7-/m1/s1. The first-order chi connectivity index (χ1) is 9.36. The fourth-order valence-corrected chi connectivity index (χ4v) is 3.69. The summed E-state index contributed by atoms with van der Waals surface area (Å²) in [6, 6.07) is 1.92. The van der Waals surface area contributed by atoms with Gasteiger partial charge in [0, 0.05) is 4.88 Å². The highest BCUT2D eigenvalue weighted by atomic mass is 32.1. The van der Waals surface area contributed by atoms with Crippen LogP contribution in [0.5, 0.6) is 0 Å². The number of amides is 1. The van der Waals surface area contributed by atoms with Crippen molar-refractivity contribution in [2.45, 2.75) is 38.8 Å². The molecular formula is C13H13F3N2OS. The summed E-state index contributed by atoms with van der Waals surface area (Å²) in [5.41, 5.74) is 0.997. The van der Waals surface area contributed by atoms with Gasteiger partial charge >= 0.3 is 12.1 Å². The number of carbonyl (C=O) groups excluding carboxylic acids is 1. The number of carbonyl (C=O) groups is 1. The van der Waals surface area contributed by atoms with Crippen LogP contribution in [0.25, 0.3) is 0 Å². The zero-order valence-electron chi connectivity index (χ0n) is 10.8. The van der Waals surface area contributed by atoms with Crippen molar-refractivity contribution in [2.75, 3.05) is 5.32 Å². The topological polar surface area (TPSA) is 52.9 Å². The molecule has 0 unspecified atom stereocenters. The number of nitrogens with zero attached hydrogens (tertiary/aromatic N) is 1. The number of fused-ring (bicyclic) bond motifs is 1. The molecule has 0 bridgehead atoms. The third-order valence-corrected chi connectivity index (χ3v) is 4.71. The number of nitriles is 1. The first-order valence-corrected chi connectivity index (χ1v) is 7.11. The number of halogens is 3. The molecule has 1 aromatic heterocycles. The van der Waals surface area contributed by atoms with Crippen LogP contribution in [0.15, 0.2) is 0 Å². The average molecular weight is 302 g/mol. The van der Waals surface area contributed by atoms with Gasteiger partial charge in [0.2, 0.25) is 0 Å². The summed E-state index contributed by atoms with van der Waals surface area (Å²) < 4.78 is 36.8. The summed E-state index contributed by atoms with van der Waals surface area (Å²) in [5, 5.41) is 11.0. The molecule has 3 nitrogen and oxygen atoms in total. The van der Waals surface area contributed by atoms with Crippen LogP contribution in [-0.4, -0.2) is 12.1 Å². The average Bonchev–Trinajstić information content (AvgIpc) is 2.73. The lowest BCUT2D eigenvalue weighted by Gasteiger charge is -2.20. The summed E-state index contributed by atoms with van der Waals surface area (Å²) in [6.07, 6.45) is -1.55. The predicted octanol–water partition coefficient (Wildman–Crippen LogP) is 3.64. The van der Waals surface area contributed by atoms with E-state index >= 15 is 0 Å². The molecule has 1 aliphatic rings. The van der Waals surface area contributed by atoms with Crippen molar-refractivity contribution in [3.63, 3.8) is 0 Å². The third-order valence-electron chi connectivity index (χ3n) is 3.54. The molecule has 0 fully saturated rings. The van der Waals surface area contributed by atoms with Crippen LogP contribution in [0.1, 0.15) is 35.8 Å². The van der Waals surface area contributed by atoms with E-state index in [9.17, 15) is 18.0 Å². The lowest BCUT2D eigenvalue weighted by Crippen LogP contribution is -2.29. The van der Waals surface area contributed by atoms with Crippen molar-refractivity contribution in [3.8, 4) is 6.07 Å². The summed E-state index contributed by atoms with van der Waals surface area (Å²) >= 11 is 1.10. The van der Waals surface area contributed by atoms with Gasteiger partial charge < -0.3 is 5.32 Å². The van der Waals surface area contributed by atoms with Gasteiger partial charge in [0.25, 0.3) is 0 Å². The molecule has 7 heteroatoms. The van der Waals surface area contributed by atoms with E-state index in [-0.39, 0.29) is 10.6 Å². The zero-order valence-corrected chi connectivity index (χ0v) is 11.6. The molecule has 0 aliphatic heterocycles. The molecule has 0 aromatic carbocycles. The van der Waals surface area contributed by atoms with E-state index in [1.54, 1.807) is 0 Å². The molecule has 108 valence electrons. The Morgan fingerprint density at radius 1 is 1.55 bits per heavy atom. The van der Waals surface area contributed by atoms with Gasteiger partial charge in [-0.15, -0.1) is 11.3 Å². The summed E-state index contributed by atoms with van der Waals surface area (Å²) in [4.78, 5) is 11.9. The largest absolute Gasteiger partial charge is 0.471 e. The lowest BCUT2D eigenvalue weighted by atomic mass is 9.86. The Hall–Kier alpha value is -1.55. The first kappa shape index (κ1) is 14.9. The molecule has 0 saturated heterocycles.